The van der Waals surface area contributed by atoms with Gasteiger partial charge in [0.15, 0.2) is 0 Å². The number of hydrogen-bond donors (Lipinski definition) is 5. The van der Waals surface area contributed by atoms with E-state index in [2.05, 4.69) is 10.6 Å². The van der Waals surface area contributed by atoms with Crippen molar-refractivity contribution in [3.05, 3.63) is 29.8 Å². The second-order valence-electron chi connectivity index (χ2n) is 9.61. The first-order valence-corrected chi connectivity index (χ1v) is 12.1. The van der Waals surface area contributed by atoms with Gasteiger partial charge in [0.2, 0.25) is 17.7 Å². The minimum atomic E-state index is -1.06. The first-order chi connectivity index (χ1) is 16.5. The Hall–Kier alpha value is -3.14. The molecule has 1 heterocycles. The van der Waals surface area contributed by atoms with Gasteiger partial charge in [0, 0.05) is 6.54 Å². The number of likely N-dealkylation sites (tertiary alicyclic amines) is 1. The highest BCUT2D eigenvalue weighted by atomic mass is 16.4. The number of carboxylic acids is 1. The number of benzene rings is 1. The largest absolute Gasteiger partial charge is 0.508 e. The zero-order valence-electron chi connectivity index (χ0n) is 20.9. The van der Waals surface area contributed by atoms with Crippen LogP contribution >= 0.6 is 0 Å². The van der Waals surface area contributed by atoms with Crippen LogP contribution in [0.5, 0.6) is 5.75 Å². The summed E-state index contributed by atoms with van der Waals surface area (Å²) < 4.78 is 0. The van der Waals surface area contributed by atoms with Crippen molar-refractivity contribution in [1.29, 1.82) is 0 Å². The Morgan fingerprint density at radius 2 is 1.66 bits per heavy atom. The van der Waals surface area contributed by atoms with Gasteiger partial charge in [-0.05, 0) is 48.8 Å². The van der Waals surface area contributed by atoms with Crippen molar-refractivity contribution in [2.45, 2.75) is 77.5 Å². The first-order valence-electron chi connectivity index (χ1n) is 12.1. The van der Waals surface area contributed by atoms with Crippen LogP contribution in [0.15, 0.2) is 24.3 Å². The number of aromatic hydroxyl groups is 1. The summed E-state index contributed by atoms with van der Waals surface area (Å²) in [5.41, 5.74) is 6.84. The summed E-state index contributed by atoms with van der Waals surface area (Å²) in [5, 5.41) is 24.4. The van der Waals surface area contributed by atoms with Crippen molar-refractivity contribution in [2.75, 3.05) is 6.54 Å². The van der Waals surface area contributed by atoms with Gasteiger partial charge in [-0.2, -0.15) is 0 Å². The summed E-state index contributed by atoms with van der Waals surface area (Å²) in [7, 11) is 0. The van der Waals surface area contributed by atoms with Gasteiger partial charge in [-0.25, -0.2) is 4.79 Å². The monoisotopic (exact) mass is 490 g/mol. The molecular formula is C25H38N4O6. The minimum absolute atomic E-state index is 0.109. The zero-order chi connectivity index (χ0) is 26.3. The number of nitrogens with zero attached hydrogens (tertiary/aromatic N) is 1. The number of aliphatic carboxylic acids is 1. The molecule has 1 aromatic carbocycles. The van der Waals surface area contributed by atoms with Crippen LogP contribution < -0.4 is 16.4 Å². The number of phenols is 1. The Balaban J connectivity index is 2.12. The van der Waals surface area contributed by atoms with Gasteiger partial charge in [0.05, 0.1) is 6.04 Å². The fourth-order valence-corrected chi connectivity index (χ4v) is 4.16. The molecule has 0 radical (unpaired) electrons. The molecule has 3 amide bonds. The van der Waals surface area contributed by atoms with Crippen LogP contribution in [0.3, 0.4) is 0 Å². The minimum Gasteiger partial charge on any atom is -0.508 e. The van der Waals surface area contributed by atoms with Crippen molar-refractivity contribution in [3.63, 3.8) is 0 Å². The highest BCUT2D eigenvalue weighted by Gasteiger charge is 2.39. The molecule has 0 aliphatic carbocycles. The number of carbonyl (C=O) groups excluding carboxylic acids is 3. The summed E-state index contributed by atoms with van der Waals surface area (Å²) >= 11 is 0. The second kappa shape index (κ2) is 12.5. The molecule has 0 saturated carbocycles. The SMILES string of the molecule is CCC(C)C(NC(=O)C(N)Cc1ccc(O)cc1)C(=O)NC(C(=O)N1CCCC1C(=O)O)C(C)C. The maximum Gasteiger partial charge on any atom is 0.326 e. The van der Waals surface area contributed by atoms with E-state index < -0.39 is 47.9 Å². The number of nitrogens with one attached hydrogen (secondary N) is 2. The van der Waals surface area contributed by atoms with E-state index in [0.29, 0.717) is 25.8 Å². The fraction of sp³-hybridized carbons (Fsp3) is 0.600. The molecule has 0 bridgehead atoms. The predicted molar refractivity (Wildman–Crippen MR) is 130 cm³/mol. The molecule has 6 N–H and O–H groups in total. The molecule has 10 nitrogen and oxygen atoms in total. The van der Waals surface area contributed by atoms with Gasteiger partial charge in [-0.1, -0.05) is 46.2 Å². The third kappa shape index (κ3) is 7.42. The van der Waals surface area contributed by atoms with Crippen LogP contribution in [0, 0.1) is 11.8 Å². The summed E-state index contributed by atoms with van der Waals surface area (Å²) in [6.07, 6.45) is 1.79. The molecule has 0 aromatic heterocycles. The van der Waals surface area contributed by atoms with Gasteiger partial charge >= 0.3 is 5.97 Å². The van der Waals surface area contributed by atoms with Crippen LogP contribution in [-0.4, -0.2) is 69.5 Å². The average molecular weight is 491 g/mol. The Kier molecular flexibility index (Phi) is 10.1. The Labute approximate surface area is 206 Å². The van der Waals surface area contributed by atoms with Crippen molar-refractivity contribution in [3.8, 4) is 5.75 Å². The fourth-order valence-electron chi connectivity index (χ4n) is 4.16. The molecule has 5 unspecified atom stereocenters. The zero-order valence-corrected chi connectivity index (χ0v) is 20.9. The van der Waals surface area contributed by atoms with E-state index in [-0.39, 0.29) is 24.0 Å². The second-order valence-corrected chi connectivity index (χ2v) is 9.61. The van der Waals surface area contributed by atoms with E-state index in [1.54, 1.807) is 26.0 Å². The topological polar surface area (TPSA) is 162 Å². The van der Waals surface area contributed by atoms with Crippen LogP contribution in [0.2, 0.25) is 0 Å². The lowest BCUT2D eigenvalue weighted by Crippen LogP contribution is -2.60. The standard InChI is InChI=1S/C25H38N4O6/c1-5-15(4)21(28-22(31)18(26)13-16-8-10-17(30)11-9-16)23(32)27-20(14(2)3)24(33)29-12-6-7-19(29)25(34)35/h8-11,14-15,18-21,30H,5-7,12-13,26H2,1-4H3,(H,27,32)(H,28,31)(H,34,35). The molecule has 0 spiro atoms. The van der Waals surface area contributed by atoms with E-state index >= 15 is 0 Å². The number of rotatable bonds is 11. The van der Waals surface area contributed by atoms with Crippen LogP contribution in [0.1, 0.15) is 52.5 Å². The van der Waals surface area contributed by atoms with Crippen LogP contribution in [-0.2, 0) is 25.6 Å². The third-order valence-corrected chi connectivity index (χ3v) is 6.57. The summed E-state index contributed by atoms with van der Waals surface area (Å²) in [5.74, 6) is -2.92. The van der Waals surface area contributed by atoms with E-state index in [1.807, 2.05) is 13.8 Å². The van der Waals surface area contributed by atoms with Crippen molar-refractivity contribution < 1.29 is 29.4 Å². The molecule has 1 fully saturated rings. The van der Waals surface area contributed by atoms with Gasteiger partial charge in [0.25, 0.3) is 0 Å². The van der Waals surface area contributed by atoms with Gasteiger partial charge in [-0.3, -0.25) is 14.4 Å². The highest BCUT2D eigenvalue weighted by molar-refractivity contribution is 5.94. The molecule has 35 heavy (non-hydrogen) atoms. The Morgan fingerprint density at radius 1 is 1.06 bits per heavy atom. The number of amides is 3. The lowest BCUT2D eigenvalue weighted by Gasteiger charge is -2.32. The van der Waals surface area contributed by atoms with Gasteiger partial charge < -0.3 is 31.5 Å². The first kappa shape index (κ1) is 28.1. The Bertz CT molecular complexity index is 904. The van der Waals surface area contributed by atoms with Crippen molar-refractivity contribution >= 4 is 23.7 Å². The molecule has 2 rings (SSSR count). The number of hydrogen-bond acceptors (Lipinski definition) is 6. The molecular weight excluding hydrogens is 452 g/mol. The van der Waals surface area contributed by atoms with Crippen molar-refractivity contribution in [1.82, 2.24) is 15.5 Å². The molecule has 1 saturated heterocycles. The third-order valence-electron chi connectivity index (χ3n) is 6.57. The van der Waals surface area contributed by atoms with Crippen LogP contribution in [0.25, 0.3) is 0 Å². The molecule has 5 atom stereocenters. The van der Waals surface area contributed by atoms with Gasteiger partial charge in [-0.15, -0.1) is 0 Å². The quantitative estimate of drug-likeness (QED) is 0.309. The van der Waals surface area contributed by atoms with Crippen LogP contribution in [0.4, 0.5) is 0 Å². The van der Waals surface area contributed by atoms with Gasteiger partial charge in [0.1, 0.15) is 23.9 Å². The molecule has 1 aromatic rings. The molecule has 1 aliphatic heterocycles. The van der Waals surface area contributed by atoms with E-state index in [1.165, 1.54) is 17.0 Å². The van der Waals surface area contributed by atoms with Crippen molar-refractivity contribution in [2.24, 2.45) is 17.6 Å². The Morgan fingerprint density at radius 3 is 2.20 bits per heavy atom. The number of carbonyl (C=O) groups is 4. The lowest BCUT2D eigenvalue weighted by atomic mass is 9.95. The number of nitrogens with two attached hydrogens (primary N) is 1. The highest BCUT2D eigenvalue weighted by Crippen LogP contribution is 2.21. The average Bonchev–Trinajstić information content (AvgIpc) is 3.31. The van der Waals surface area contributed by atoms with E-state index in [4.69, 9.17) is 5.73 Å². The summed E-state index contributed by atoms with van der Waals surface area (Å²) in [4.78, 5) is 52.1. The van der Waals surface area contributed by atoms with E-state index in [9.17, 15) is 29.4 Å². The number of carboxylic acid groups (broad SMARTS) is 1. The molecule has 10 heteroatoms. The smallest absolute Gasteiger partial charge is 0.326 e. The maximum absolute atomic E-state index is 13.3. The summed E-state index contributed by atoms with van der Waals surface area (Å²) in [6, 6.07) is 2.71. The number of phenolic OH excluding ortho intramolecular Hbond substituents is 1. The normalized spacial score (nSPS) is 19.0. The molecule has 1 aliphatic rings. The summed E-state index contributed by atoms with van der Waals surface area (Å²) in [6.45, 7) is 7.59. The maximum atomic E-state index is 13.3. The van der Waals surface area contributed by atoms with E-state index in [0.717, 1.165) is 5.56 Å². The lowest BCUT2D eigenvalue weighted by molar-refractivity contribution is -0.150. The predicted octanol–water partition coefficient (Wildman–Crippen LogP) is 1.01. The molecule has 194 valence electrons.